The third kappa shape index (κ3) is 5.86. The summed E-state index contributed by atoms with van der Waals surface area (Å²) < 4.78 is 6.83. The van der Waals surface area contributed by atoms with Crippen LogP contribution in [0.2, 0.25) is 0 Å². The third-order valence-corrected chi connectivity index (χ3v) is 21.0. The molecule has 0 amide bonds. The van der Waals surface area contributed by atoms with E-state index in [-0.39, 0.29) is 0 Å². The molecular weight excluding hydrogens is 901 g/mol. The zero-order chi connectivity index (χ0) is 46.6. The van der Waals surface area contributed by atoms with Crippen molar-refractivity contribution in [1.29, 1.82) is 0 Å². The fourth-order valence-electron chi connectivity index (χ4n) is 11.7. The largest absolute Gasteiger partial charge is 0.309 e. The molecule has 1 aliphatic heterocycles. The maximum Gasteiger partial charge on any atom is 0.240 e. The van der Waals surface area contributed by atoms with Crippen LogP contribution in [-0.2, 0) is 0 Å². The predicted octanol–water partition coefficient (Wildman–Crippen LogP) is 12.7. The minimum atomic E-state index is -2.84. The summed E-state index contributed by atoms with van der Waals surface area (Å²) in [7, 11) is -2.84. The van der Waals surface area contributed by atoms with E-state index in [0.29, 0.717) is 17.7 Å². The van der Waals surface area contributed by atoms with Gasteiger partial charge in [0.2, 0.25) is 11.9 Å². The second kappa shape index (κ2) is 15.6. The van der Waals surface area contributed by atoms with Crippen molar-refractivity contribution in [3.8, 4) is 29.0 Å². The van der Waals surface area contributed by atoms with Crippen molar-refractivity contribution in [2.24, 2.45) is 0 Å². The summed E-state index contributed by atoms with van der Waals surface area (Å²) in [5.41, 5.74) is 8.35. The Morgan fingerprint density at radius 3 is 1.27 bits per heavy atom. The Kier molecular flexibility index (Phi) is 8.81. The fourth-order valence-corrected chi connectivity index (χ4v) is 18.7. The smallest absolute Gasteiger partial charge is 0.240 e. The first-order valence-electron chi connectivity index (χ1n) is 24.0. The Morgan fingerprint density at radius 1 is 0.310 bits per heavy atom. The summed E-state index contributed by atoms with van der Waals surface area (Å²) in [6.07, 6.45) is 0. The lowest BCUT2D eigenvalue weighted by Gasteiger charge is -2.39. The number of para-hydroxylation sites is 5. The van der Waals surface area contributed by atoms with Gasteiger partial charge >= 0.3 is 0 Å². The van der Waals surface area contributed by atoms with Crippen LogP contribution in [0.25, 0.3) is 94.4 Å². The van der Waals surface area contributed by atoms with E-state index in [4.69, 9.17) is 15.0 Å². The van der Waals surface area contributed by atoms with Gasteiger partial charge in [-0.15, -0.1) is 0 Å². The maximum absolute atomic E-state index is 5.45. The minimum absolute atomic E-state index is 0.554. The average molecular weight is 941 g/mol. The number of hydrogen-bond acceptors (Lipinski definition) is 4. The summed E-state index contributed by atoms with van der Waals surface area (Å²) in [5, 5.41) is 12.6. The summed E-state index contributed by atoms with van der Waals surface area (Å²) in [6.45, 7) is 0. The molecule has 0 spiro atoms. The van der Waals surface area contributed by atoms with Gasteiger partial charge in [-0.25, -0.2) is 0 Å². The van der Waals surface area contributed by atoms with Crippen LogP contribution in [0, 0.1) is 0 Å². The number of benzene rings is 10. The van der Waals surface area contributed by atoms with Gasteiger partial charge in [0.05, 0.1) is 33.1 Å². The summed E-state index contributed by atoms with van der Waals surface area (Å²) in [5.74, 6) is 1.69. The highest BCUT2D eigenvalue weighted by Crippen LogP contribution is 2.38. The summed E-state index contributed by atoms with van der Waals surface area (Å²) >= 11 is 1.89. The number of hydrogen-bond donors (Lipinski definition) is 0. The highest BCUT2D eigenvalue weighted by atomic mass is 32.2. The first kappa shape index (κ1) is 40.1. The average Bonchev–Trinajstić information content (AvgIpc) is 4.08. The molecule has 8 heteroatoms. The van der Waals surface area contributed by atoms with Crippen molar-refractivity contribution in [3.63, 3.8) is 0 Å². The monoisotopic (exact) mass is 940 g/mol. The van der Waals surface area contributed by atoms with Gasteiger partial charge in [0.25, 0.3) is 0 Å². The van der Waals surface area contributed by atoms with Gasteiger partial charge in [0.1, 0.15) is 0 Å². The number of nitrogens with zero attached hydrogens (tertiary/aromatic N) is 6. The minimum Gasteiger partial charge on any atom is -0.309 e. The molecule has 0 saturated carbocycles. The molecule has 10 aromatic carbocycles. The van der Waals surface area contributed by atoms with E-state index in [1.807, 2.05) is 11.8 Å². The van der Waals surface area contributed by atoms with Crippen LogP contribution < -0.4 is 20.7 Å². The number of rotatable bonds is 6. The van der Waals surface area contributed by atoms with Crippen LogP contribution in [-0.4, -0.2) is 36.7 Å². The lowest BCUT2D eigenvalue weighted by atomic mass is 10.1. The standard InChI is InChI=1S/C63H40N6SSi/c1-2-21-43(22-3-1)71(59-35-16-14-33-57(59)70-58-34-15-17-36-60(58)71)44-37-38-50-49-27-4-9-28-51(49)67(56(50)40-44)42-20-18-19-41(39-42)61-64-62(68-52-29-10-5-23-45(52)46-24-6-11-30-53(46)68)66-63(65-61)69-54-31-12-7-25-47(54)48-26-8-13-32-55(48)69/h1-40H. The Balaban J connectivity index is 0.988. The van der Waals surface area contributed by atoms with Crippen LogP contribution in [0.4, 0.5) is 0 Å². The molecule has 1 aliphatic rings. The zero-order valence-corrected chi connectivity index (χ0v) is 40.0. The molecule has 71 heavy (non-hydrogen) atoms. The quantitative estimate of drug-likeness (QED) is 0.156. The van der Waals surface area contributed by atoms with Gasteiger partial charge in [-0.3, -0.25) is 9.13 Å². The summed E-state index contributed by atoms with van der Waals surface area (Å²) in [4.78, 5) is 19.0. The second-order valence-corrected chi connectivity index (χ2v) is 23.2. The van der Waals surface area contributed by atoms with Crippen LogP contribution >= 0.6 is 11.8 Å². The van der Waals surface area contributed by atoms with E-state index < -0.39 is 8.07 Å². The lowest BCUT2D eigenvalue weighted by molar-refractivity contribution is 0.892. The van der Waals surface area contributed by atoms with Crippen molar-refractivity contribution in [1.82, 2.24) is 28.7 Å². The fraction of sp³-hybridized carbons (Fsp3) is 0. The molecule has 0 unspecified atom stereocenters. The SMILES string of the molecule is c1ccc([Si]2(c3ccc4c5ccccc5n(-c5cccc(-c6nc(-n7c8ccccc8c8ccccc87)nc(-n7c8ccccc8c8ccccc87)n6)c5)c4c3)c3ccccc3Sc3ccccc32)cc1. The van der Waals surface area contributed by atoms with Gasteiger partial charge < -0.3 is 4.57 Å². The van der Waals surface area contributed by atoms with E-state index >= 15 is 0 Å². The van der Waals surface area contributed by atoms with E-state index in [1.54, 1.807) is 0 Å². The maximum atomic E-state index is 5.45. The van der Waals surface area contributed by atoms with Crippen LogP contribution in [0.5, 0.6) is 0 Å². The van der Waals surface area contributed by atoms with Crippen molar-refractivity contribution in [3.05, 3.63) is 243 Å². The van der Waals surface area contributed by atoms with Crippen LogP contribution in [0.3, 0.4) is 0 Å². The molecular formula is C63H40N6SSi. The van der Waals surface area contributed by atoms with E-state index in [2.05, 4.69) is 256 Å². The Labute approximate surface area is 413 Å². The van der Waals surface area contributed by atoms with Gasteiger partial charge in [0, 0.05) is 53.4 Å². The van der Waals surface area contributed by atoms with Crippen molar-refractivity contribution in [2.75, 3.05) is 0 Å². The van der Waals surface area contributed by atoms with Crippen LogP contribution in [0.15, 0.2) is 252 Å². The highest BCUT2D eigenvalue weighted by Gasteiger charge is 2.47. The third-order valence-electron chi connectivity index (χ3n) is 14.7. The van der Waals surface area contributed by atoms with Gasteiger partial charge in [-0.2, -0.15) is 15.0 Å². The van der Waals surface area contributed by atoms with Gasteiger partial charge in [-0.05, 0) is 81.4 Å². The molecule has 0 N–H and O–H groups in total. The molecule has 0 saturated heterocycles. The molecule has 332 valence electrons. The molecule has 5 heterocycles. The Hall–Kier alpha value is -8.82. The molecule has 0 bridgehead atoms. The van der Waals surface area contributed by atoms with Crippen molar-refractivity contribution in [2.45, 2.75) is 9.79 Å². The predicted molar refractivity (Wildman–Crippen MR) is 296 cm³/mol. The molecule has 15 rings (SSSR count). The molecule has 0 atom stereocenters. The molecule has 0 aliphatic carbocycles. The first-order valence-corrected chi connectivity index (χ1v) is 26.8. The normalized spacial score (nSPS) is 13.1. The van der Waals surface area contributed by atoms with E-state index in [0.717, 1.165) is 65.9 Å². The van der Waals surface area contributed by atoms with Crippen molar-refractivity contribution < 1.29 is 0 Å². The highest BCUT2D eigenvalue weighted by molar-refractivity contribution is 8.00. The Bertz CT molecular complexity index is 4190. The molecule has 4 aromatic heterocycles. The Morgan fingerprint density at radius 2 is 0.746 bits per heavy atom. The van der Waals surface area contributed by atoms with E-state index in [9.17, 15) is 0 Å². The first-order chi connectivity index (χ1) is 35.2. The molecule has 0 fully saturated rings. The molecule has 0 radical (unpaired) electrons. The zero-order valence-electron chi connectivity index (χ0n) is 38.2. The topological polar surface area (TPSA) is 53.5 Å². The van der Waals surface area contributed by atoms with E-state index in [1.165, 1.54) is 41.3 Å². The number of aromatic nitrogens is 6. The number of fused-ring (bicyclic) bond motifs is 11. The summed E-state index contributed by atoms with van der Waals surface area (Å²) in [6, 6.07) is 88.4. The second-order valence-electron chi connectivity index (χ2n) is 18.3. The van der Waals surface area contributed by atoms with Crippen LogP contribution in [0.1, 0.15) is 0 Å². The van der Waals surface area contributed by atoms with Gasteiger partial charge in [-0.1, -0.05) is 194 Å². The molecule has 6 nitrogen and oxygen atoms in total. The van der Waals surface area contributed by atoms with Crippen molar-refractivity contribution >= 4 is 106 Å². The van der Waals surface area contributed by atoms with Gasteiger partial charge in [0.15, 0.2) is 13.9 Å². The lowest BCUT2D eigenvalue weighted by Crippen LogP contribution is -2.76. The molecule has 14 aromatic rings.